The van der Waals surface area contributed by atoms with E-state index < -0.39 is 0 Å². The van der Waals surface area contributed by atoms with Crippen molar-refractivity contribution in [3.8, 4) is 5.75 Å². The first-order valence-corrected chi connectivity index (χ1v) is 10.2. The SMILES string of the molecule is CCOC(=O)C[C@@H]1CCc2cc(OCCc3nc(Br)sc3C)ccc21. The van der Waals surface area contributed by atoms with Crippen LogP contribution in [0.1, 0.15) is 47.4 Å². The number of ether oxygens (including phenoxy) is 2. The summed E-state index contributed by atoms with van der Waals surface area (Å²) >= 11 is 5.07. The van der Waals surface area contributed by atoms with Gasteiger partial charge in [-0.05, 0) is 71.8 Å². The molecule has 0 saturated carbocycles. The van der Waals surface area contributed by atoms with Gasteiger partial charge in [0, 0.05) is 11.3 Å². The molecule has 0 N–H and O–H groups in total. The predicted molar refractivity (Wildman–Crippen MR) is 103 cm³/mol. The highest BCUT2D eigenvalue weighted by Gasteiger charge is 2.25. The molecule has 1 aliphatic carbocycles. The predicted octanol–water partition coefficient (Wildman–Crippen LogP) is 4.82. The number of benzene rings is 1. The molecule has 0 spiro atoms. The number of nitrogens with zero attached hydrogens (tertiary/aromatic N) is 1. The Balaban J connectivity index is 1.57. The van der Waals surface area contributed by atoms with Gasteiger partial charge in [-0.1, -0.05) is 6.07 Å². The van der Waals surface area contributed by atoms with Gasteiger partial charge in [0.1, 0.15) is 5.75 Å². The van der Waals surface area contributed by atoms with Crippen molar-refractivity contribution < 1.29 is 14.3 Å². The molecule has 4 nitrogen and oxygen atoms in total. The van der Waals surface area contributed by atoms with Crippen LogP contribution in [0.3, 0.4) is 0 Å². The molecule has 6 heteroatoms. The van der Waals surface area contributed by atoms with E-state index in [2.05, 4.69) is 40.0 Å². The quantitative estimate of drug-likeness (QED) is 0.598. The molecule has 0 fully saturated rings. The smallest absolute Gasteiger partial charge is 0.306 e. The maximum Gasteiger partial charge on any atom is 0.306 e. The van der Waals surface area contributed by atoms with Gasteiger partial charge in [-0.3, -0.25) is 4.79 Å². The minimum Gasteiger partial charge on any atom is -0.493 e. The van der Waals surface area contributed by atoms with E-state index in [0.29, 0.717) is 19.6 Å². The first-order chi connectivity index (χ1) is 12.1. The van der Waals surface area contributed by atoms with E-state index >= 15 is 0 Å². The van der Waals surface area contributed by atoms with Crippen molar-refractivity contribution in [1.82, 2.24) is 4.98 Å². The van der Waals surface area contributed by atoms with Crippen molar-refractivity contribution in [3.05, 3.63) is 43.8 Å². The summed E-state index contributed by atoms with van der Waals surface area (Å²) in [4.78, 5) is 17.4. The minimum absolute atomic E-state index is 0.106. The molecule has 0 radical (unpaired) electrons. The number of rotatable bonds is 7. The highest BCUT2D eigenvalue weighted by Crippen LogP contribution is 2.37. The fourth-order valence-corrected chi connectivity index (χ4v) is 4.91. The molecule has 0 aliphatic heterocycles. The van der Waals surface area contributed by atoms with Crippen LogP contribution >= 0.6 is 27.3 Å². The third kappa shape index (κ3) is 4.61. The second-order valence-electron chi connectivity index (χ2n) is 6.17. The van der Waals surface area contributed by atoms with Gasteiger partial charge in [0.2, 0.25) is 0 Å². The zero-order valence-corrected chi connectivity index (χ0v) is 16.9. The van der Waals surface area contributed by atoms with Gasteiger partial charge in [0.25, 0.3) is 0 Å². The number of fused-ring (bicyclic) bond motifs is 1. The van der Waals surface area contributed by atoms with Gasteiger partial charge in [-0.2, -0.15) is 0 Å². The fraction of sp³-hybridized carbons (Fsp3) is 0.474. The second-order valence-corrected chi connectivity index (χ2v) is 8.65. The average Bonchev–Trinajstić information content (AvgIpc) is 3.10. The molecule has 1 aromatic heterocycles. The second kappa shape index (κ2) is 8.32. The third-order valence-corrected chi connectivity index (χ3v) is 5.97. The van der Waals surface area contributed by atoms with Crippen LogP contribution in [0.15, 0.2) is 22.1 Å². The largest absolute Gasteiger partial charge is 0.493 e. The van der Waals surface area contributed by atoms with Crippen LogP contribution in [-0.2, 0) is 22.4 Å². The summed E-state index contributed by atoms with van der Waals surface area (Å²) in [5.41, 5.74) is 3.64. The molecule has 0 saturated heterocycles. The topological polar surface area (TPSA) is 48.4 Å². The van der Waals surface area contributed by atoms with Crippen molar-refractivity contribution in [2.24, 2.45) is 0 Å². The van der Waals surface area contributed by atoms with E-state index in [1.54, 1.807) is 11.3 Å². The number of aryl methyl sites for hydroxylation is 2. The summed E-state index contributed by atoms with van der Waals surface area (Å²) in [5.74, 6) is 1.06. The van der Waals surface area contributed by atoms with Crippen LogP contribution in [-0.4, -0.2) is 24.2 Å². The van der Waals surface area contributed by atoms with Gasteiger partial charge >= 0.3 is 5.97 Å². The van der Waals surface area contributed by atoms with E-state index in [-0.39, 0.29) is 11.9 Å². The number of esters is 1. The number of carbonyl (C=O) groups excluding carboxylic acids is 1. The molecular formula is C19H22BrNO3S. The zero-order chi connectivity index (χ0) is 17.8. The van der Waals surface area contributed by atoms with Crippen LogP contribution in [0.2, 0.25) is 0 Å². The number of carbonyl (C=O) groups is 1. The van der Waals surface area contributed by atoms with Crippen LogP contribution in [0, 0.1) is 6.92 Å². The molecule has 1 aromatic carbocycles. The van der Waals surface area contributed by atoms with Crippen molar-refractivity contribution in [1.29, 1.82) is 0 Å². The summed E-state index contributed by atoms with van der Waals surface area (Å²) in [7, 11) is 0. The number of hydrogen-bond donors (Lipinski definition) is 0. The molecule has 1 aliphatic rings. The van der Waals surface area contributed by atoms with Gasteiger partial charge in [0.15, 0.2) is 3.92 Å². The van der Waals surface area contributed by atoms with Crippen LogP contribution in [0.5, 0.6) is 5.75 Å². The Kier molecular flexibility index (Phi) is 6.12. The lowest BCUT2D eigenvalue weighted by Crippen LogP contribution is -2.08. The lowest BCUT2D eigenvalue weighted by Gasteiger charge is -2.12. The van der Waals surface area contributed by atoms with E-state index in [1.807, 2.05) is 13.0 Å². The zero-order valence-electron chi connectivity index (χ0n) is 14.5. The maximum absolute atomic E-state index is 11.7. The summed E-state index contributed by atoms with van der Waals surface area (Å²) in [6.45, 7) is 4.98. The summed E-state index contributed by atoms with van der Waals surface area (Å²) in [5, 5.41) is 0. The first kappa shape index (κ1) is 18.4. The van der Waals surface area contributed by atoms with Gasteiger partial charge < -0.3 is 9.47 Å². The van der Waals surface area contributed by atoms with Crippen molar-refractivity contribution >= 4 is 33.2 Å². The van der Waals surface area contributed by atoms with Gasteiger partial charge in [-0.15, -0.1) is 11.3 Å². The lowest BCUT2D eigenvalue weighted by molar-refractivity contribution is -0.143. The van der Waals surface area contributed by atoms with Crippen LogP contribution < -0.4 is 4.74 Å². The molecule has 25 heavy (non-hydrogen) atoms. The number of thiazole rings is 1. The Labute approximate surface area is 160 Å². The van der Waals surface area contributed by atoms with Gasteiger partial charge in [0.05, 0.1) is 25.3 Å². The molecule has 0 amide bonds. The molecule has 0 unspecified atom stereocenters. The Bertz CT molecular complexity index is 759. The Morgan fingerprint density at radius 1 is 1.44 bits per heavy atom. The summed E-state index contributed by atoms with van der Waals surface area (Å²) < 4.78 is 11.9. The van der Waals surface area contributed by atoms with Gasteiger partial charge in [-0.25, -0.2) is 4.98 Å². The van der Waals surface area contributed by atoms with Crippen molar-refractivity contribution in [3.63, 3.8) is 0 Å². The van der Waals surface area contributed by atoms with Crippen LogP contribution in [0.25, 0.3) is 0 Å². The minimum atomic E-state index is -0.106. The number of aromatic nitrogens is 1. The Hall–Kier alpha value is -1.40. The molecule has 134 valence electrons. The highest BCUT2D eigenvalue weighted by atomic mass is 79.9. The molecule has 3 rings (SSSR count). The maximum atomic E-state index is 11.7. The normalized spacial score (nSPS) is 15.9. The Morgan fingerprint density at radius 3 is 3.00 bits per heavy atom. The Morgan fingerprint density at radius 2 is 2.28 bits per heavy atom. The lowest BCUT2D eigenvalue weighted by atomic mass is 9.98. The molecular weight excluding hydrogens is 402 g/mol. The third-order valence-electron chi connectivity index (χ3n) is 4.51. The standard InChI is InChI=1S/C19H22BrNO3S/c1-3-23-18(22)11-14-5-4-13-10-15(6-7-16(13)14)24-9-8-17-12(2)25-19(20)21-17/h6-7,10,14H,3-5,8-9,11H2,1-2H3/t14-/m0/s1. The monoisotopic (exact) mass is 423 g/mol. The van der Waals surface area contributed by atoms with E-state index in [4.69, 9.17) is 9.47 Å². The summed E-state index contributed by atoms with van der Waals surface area (Å²) in [6.07, 6.45) is 3.27. The van der Waals surface area contributed by atoms with E-state index in [1.165, 1.54) is 16.0 Å². The van der Waals surface area contributed by atoms with Crippen molar-refractivity contribution in [2.75, 3.05) is 13.2 Å². The van der Waals surface area contributed by atoms with E-state index in [9.17, 15) is 4.79 Å². The first-order valence-electron chi connectivity index (χ1n) is 8.60. The van der Waals surface area contributed by atoms with E-state index in [0.717, 1.165) is 34.6 Å². The fourth-order valence-electron chi connectivity index (χ4n) is 3.30. The van der Waals surface area contributed by atoms with Crippen LogP contribution in [0.4, 0.5) is 0 Å². The number of halogens is 1. The highest BCUT2D eigenvalue weighted by molar-refractivity contribution is 9.11. The molecule has 0 bridgehead atoms. The average molecular weight is 424 g/mol. The molecule has 1 atom stereocenters. The summed E-state index contributed by atoms with van der Waals surface area (Å²) in [6, 6.07) is 6.22. The number of hydrogen-bond acceptors (Lipinski definition) is 5. The van der Waals surface area contributed by atoms with Crippen molar-refractivity contribution in [2.45, 2.75) is 45.4 Å². The molecule has 1 heterocycles. The molecule has 2 aromatic rings.